The van der Waals surface area contributed by atoms with E-state index in [4.69, 9.17) is 16.1 Å². The van der Waals surface area contributed by atoms with Gasteiger partial charge in [0.2, 0.25) is 23.5 Å². The predicted octanol–water partition coefficient (Wildman–Crippen LogP) is 3.53. The summed E-state index contributed by atoms with van der Waals surface area (Å²) in [6.07, 6.45) is 1.32. The molecule has 9 heteroatoms. The molecule has 0 saturated carbocycles. The van der Waals surface area contributed by atoms with E-state index in [9.17, 15) is 9.59 Å². The van der Waals surface area contributed by atoms with Crippen LogP contribution in [0.4, 0.5) is 5.69 Å². The van der Waals surface area contributed by atoms with Crippen LogP contribution in [0.5, 0.6) is 0 Å². The lowest BCUT2D eigenvalue weighted by Gasteiger charge is -2.06. The van der Waals surface area contributed by atoms with Gasteiger partial charge in [-0.25, -0.2) is 0 Å². The van der Waals surface area contributed by atoms with Gasteiger partial charge in [0.05, 0.1) is 11.4 Å². The molecule has 0 saturated heterocycles. The van der Waals surface area contributed by atoms with Gasteiger partial charge in [-0.15, -0.1) is 11.3 Å². The second-order valence-electron chi connectivity index (χ2n) is 5.67. The molecule has 0 atom stereocenters. The Bertz CT molecular complexity index is 894. The van der Waals surface area contributed by atoms with Gasteiger partial charge >= 0.3 is 0 Å². The highest BCUT2D eigenvalue weighted by Crippen LogP contribution is 2.21. The number of rotatable bonds is 8. The zero-order valence-electron chi connectivity index (χ0n) is 14.3. The van der Waals surface area contributed by atoms with Crippen LogP contribution < -0.4 is 10.6 Å². The summed E-state index contributed by atoms with van der Waals surface area (Å²) in [5.74, 6) is 0.539. The van der Waals surface area contributed by atoms with Crippen LogP contribution in [0.3, 0.4) is 0 Å². The molecule has 7 nitrogen and oxygen atoms in total. The summed E-state index contributed by atoms with van der Waals surface area (Å²) in [7, 11) is 0. The molecule has 0 aliphatic carbocycles. The smallest absolute Gasteiger partial charge is 0.243 e. The molecule has 3 rings (SSSR count). The zero-order valence-corrected chi connectivity index (χ0v) is 15.8. The summed E-state index contributed by atoms with van der Waals surface area (Å²) >= 11 is 7.32. The highest BCUT2D eigenvalue weighted by molar-refractivity contribution is 7.13. The second kappa shape index (κ2) is 9.29. The van der Waals surface area contributed by atoms with E-state index >= 15 is 0 Å². The van der Waals surface area contributed by atoms with Gasteiger partial charge < -0.3 is 15.2 Å². The number of nitrogens with one attached hydrogen (secondary N) is 2. The van der Waals surface area contributed by atoms with Crippen LogP contribution in [-0.4, -0.2) is 28.5 Å². The van der Waals surface area contributed by atoms with E-state index in [-0.39, 0.29) is 24.8 Å². The van der Waals surface area contributed by atoms with E-state index in [1.807, 2.05) is 17.5 Å². The van der Waals surface area contributed by atoms with Crippen LogP contribution >= 0.6 is 22.9 Å². The van der Waals surface area contributed by atoms with Gasteiger partial charge in [0.1, 0.15) is 0 Å². The van der Waals surface area contributed by atoms with Crippen molar-refractivity contribution >= 4 is 40.4 Å². The second-order valence-corrected chi connectivity index (χ2v) is 7.06. The summed E-state index contributed by atoms with van der Waals surface area (Å²) in [6.45, 7) is -0.0927. The van der Waals surface area contributed by atoms with Crippen molar-refractivity contribution in [1.29, 1.82) is 0 Å². The van der Waals surface area contributed by atoms with Crippen LogP contribution in [0.25, 0.3) is 10.7 Å². The Morgan fingerprint density at radius 2 is 1.96 bits per heavy atom. The molecule has 0 bridgehead atoms. The summed E-state index contributed by atoms with van der Waals surface area (Å²) in [5.41, 5.74) is 0.622. The Kier molecular flexibility index (Phi) is 6.56. The maximum Gasteiger partial charge on any atom is 0.243 e. The van der Waals surface area contributed by atoms with Crippen molar-refractivity contribution in [3.63, 3.8) is 0 Å². The lowest BCUT2D eigenvalue weighted by molar-refractivity contribution is -0.124. The molecule has 0 radical (unpaired) electrons. The van der Waals surface area contributed by atoms with E-state index in [1.165, 1.54) is 11.3 Å². The average molecular weight is 405 g/mol. The number of hydrogen-bond acceptors (Lipinski definition) is 6. The van der Waals surface area contributed by atoms with E-state index < -0.39 is 0 Å². The van der Waals surface area contributed by atoms with Crippen LogP contribution in [-0.2, 0) is 16.0 Å². The van der Waals surface area contributed by atoms with Crippen LogP contribution in [0.1, 0.15) is 18.7 Å². The summed E-state index contributed by atoms with van der Waals surface area (Å²) in [5, 5.41) is 11.7. The first kappa shape index (κ1) is 19.1. The molecular formula is C18H17ClN4O3S. The van der Waals surface area contributed by atoms with Gasteiger partial charge in [-0.05, 0) is 42.1 Å². The molecule has 2 heterocycles. The quantitative estimate of drug-likeness (QED) is 0.598. The SMILES string of the molecule is O=C(CCCc1nc(-c2cccs2)no1)NCC(=O)Nc1ccc(Cl)cc1. The van der Waals surface area contributed by atoms with Crippen LogP contribution in [0.2, 0.25) is 5.02 Å². The number of anilines is 1. The Balaban J connectivity index is 1.35. The third kappa shape index (κ3) is 5.90. The number of halogens is 1. The van der Waals surface area contributed by atoms with Crippen molar-refractivity contribution in [2.45, 2.75) is 19.3 Å². The third-order valence-electron chi connectivity index (χ3n) is 3.58. The Morgan fingerprint density at radius 3 is 2.70 bits per heavy atom. The standard InChI is InChI=1S/C18H17ClN4O3S/c19-12-6-8-13(9-7-12)21-16(25)11-20-15(24)4-1-5-17-22-18(23-26-17)14-3-2-10-27-14/h2-3,6-10H,1,4-5,11H2,(H,20,24)(H,21,25). The van der Waals surface area contributed by atoms with Crippen molar-refractivity contribution in [3.05, 3.63) is 52.7 Å². The van der Waals surface area contributed by atoms with Gasteiger partial charge in [-0.3, -0.25) is 9.59 Å². The first-order valence-corrected chi connectivity index (χ1v) is 9.54. The van der Waals surface area contributed by atoms with Gasteiger partial charge in [0.25, 0.3) is 0 Å². The minimum Gasteiger partial charge on any atom is -0.347 e. The van der Waals surface area contributed by atoms with Crippen molar-refractivity contribution < 1.29 is 14.1 Å². The minimum absolute atomic E-state index is 0.0927. The summed E-state index contributed by atoms with van der Waals surface area (Å²) in [6, 6.07) is 10.6. The Hall–Kier alpha value is -2.71. The zero-order chi connectivity index (χ0) is 19.1. The molecule has 140 valence electrons. The predicted molar refractivity (Wildman–Crippen MR) is 104 cm³/mol. The molecule has 2 N–H and O–H groups in total. The van der Waals surface area contributed by atoms with Crippen molar-refractivity contribution in [3.8, 4) is 10.7 Å². The Morgan fingerprint density at radius 1 is 1.15 bits per heavy atom. The summed E-state index contributed by atoms with van der Waals surface area (Å²) in [4.78, 5) is 28.9. The van der Waals surface area contributed by atoms with E-state index in [2.05, 4.69) is 20.8 Å². The van der Waals surface area contributed by atoms with Crippen molar-refractivity contribution in [1.82, 2.24) is 15.5 Å². The lowest BCUT2D eigenvalue weighted by Crippen LogP contribution is -2.32. The first-order chi connectivity index (χ1) is 13.1. The number of carbonyl (C=O) groups excluding carboxylic acids is 2. The molecule has 0 aliphatic heterocycles. The molecule has 1 aromatic carbocycles. The minimum atomic E-state index is -0.303. The normalized spacial score (nSPS) is 10.6. The number of aromatic nitrogens is 2. The Labute approximate surface area is 164 Å². The number of hydrogen-bond donors (Lipinski definition) is 2. The fraction of sp³-hybridized carbons (Fsp3) is 0.222. The number of amides is 2. The average Bonchev–Trinajstić information content (AvgIpc) is 3.33. The number of nitrogens with zero attached hydrogens (tertiary/aromatic N) is 2. The maximum absolute atomic E-state index is 11.9. The topological polar surface area (TPSA) is 97.1 Å². The number of aryl methyl sites for hydroxylation is 1. The molecule has 2 aromatic heterocycles. The van der Waals surface area contributed by atoms with Crippen molar-refractivity contribution in [2.75, 3.05) is 11.9 Å². The van der Waals surface area contributed by atoms with Crippen LogP contribution in [0, 0.1) is 0 Å². The molecule has 0 aliphatic rings. The van der Waals surface area contributed by atoms with E-state index in [1.54, 1.807) is 24.3 Å². The van der Waals surface area contributed by atoms with Crippen molar-refractivity contribution in [2.24, 2.45) is 0 Å². The molecule has 2 amide bonds. The molecular weight excluding hydrogens is 388 g/mol. The molecule has 3 aromatic rings. The van der Waals surface area contributed by atoms with E-state index in [0.29, 0.717) is 35.3 Å². The largest absolute Gasteiger partial charge is 0.347 e. The van der Waals surface area contributed by atoms with Gasteiger partial charge in [0, 0.05) is 23.6 Å². The molecule has 0 unspecified atom stereocenters. The molecule has 0 spiro atoms. The fourth-order valence-electron chi connectivity index (χ4n) is 2.27. The number of benzene rings is 1. The van der Waals surface area contributed by atoms with E-state index in [0.717, 1.165) is 4.88 Å². The number of thiophene rings is 1. The van der Waals surface area contributed by atoms with Gasteiger partial charge in [-0.1, -0.05) is 22.8 Å². The molecule has 0 fully saturated rings. The molecule has 27 heavy (non-hydrogen) atoms. The first-order valence-electron chi connectivity index (χ1n) is 8.29. The van der Waals surface area contributed by atoms with Gasteiger partial charge in [0.15, 0.2) is 0 Å². The lowest BCUT2D eigenvalue weighted by atomic mass is 10.2. The highest BCUT2D eigenvalue weighted by atomic mass is 35.5. The monoisotopic (exact) mass is 404 g/mol. The maximum atomic E-state index is 11.9. The van der Waals surface area contributed by atoms with Crippen LogP contribution in [0.15, 0.2) is 46.3 Å². The number of carbonyl (C=O) groups is 2. The third-order valence-corrected chi connectivity index (χ3v) is 4.70. The van der Waals surface area contributed by atoms with Gasteiger partial charge in [-0.2, -0.15) is 4.98 Å². The summed E-state index contributed by atoms with van der Waals surface area (Å²) < 4.78 is 5.18. The highest BCUT2D eigenvalue weighted by Gasteiger charge is 2.11. The fourth-order valence-corrected chi connectivity index (χ4v) is 3.04.